The van der Waals surface area contributed by atoms with E-state index in [0.717, 1.165) is 83.5 Å². The number of carbonyl (C=O) groups excluding carboxylic acids is 1. The van der Waals surface area contributed by atoms with E-state index in [2.05, 4.69) is 86.8 Å². The molecule has 370 valence electrons. The molecular formula is C51H89O12P. The van der Waals surface area contributed by atoms with E-state index in [-0.39, 0.29) is 13.0 Å². The van der Waals surface area contributed by atoms with Crippen molar-refractivity contribution in [2.24, 2.45) is 0 Å². The zero-order valence-corrected chi connectivity index (χ0v) is 40.5. The average Bonchev–Trinajstić information content (AvgIpc) is 3.28. The van der Waals surface area contributed by atoms with Crippen molar-refractivity contribution in [3.63, 3.8) is 0 Å². The Morgan fingerprint density at radius 1 is 0.516 bits per heavy atom. The molecule has 0 radical (unpaired) electrons. The van der Waals surface area contributed by atoms with Crippen molar-refractivity contribution >= 4 is 13.8 Å². The van der Waals surface area contributed by atoms with Crippen LogP contribution in [-0.4, -0.2) is 98.9 Å². The molecule has 1 rings (SSSR count). The Morgan fingerprint density at radius 3 is 1.41 bits per heavy atom. The van der Waals surface area contributed by atoms with Gasteiger partial charge in [0.15, 0.2) is 0 Å². The quantitative estimate of drug-likeness (QED) is 0.0147. The molecule has 1 saturated carbocycles. The monoisotopic (exact) mass is 925 g/mol. The van der Waals surface area contributed by atoms with Crippen LogP contribution in [0.4, 0.5) is 0 Å². The summed E-state index contributed by atoms with van der Waals surface area (Å²) in [5, 5.41) is 50.2. The number of rotatable bonds is 41. The molecule has 6 atom stereocenters. The maximum atomic E-state index is 12.8. The fourth-order valence-corrected chi connectivity index (χ4v) is 8.15. The van der Waals surface area contributed by atoms with Gasteiger partial charge in [-0.15, -0.1) is 0 Å². The van der Waals surface area contributed by atoms with Gasteiger partial charge in [-0.05, 0) is 64.2 Å². The molecule has 1 aliphatic carbocycles. The van der Waals surface area contributed by atoms with Crippen LogP contribution in [0.1, 0.15) is 181 Å². The van der Waals surface area contributed by atoms with Crippen LogP contribution in [0.2, 0.25) is 0 Å². The first-order chi connectivity index (χ1) is 31.0. The van der Waals surface area contributed by atoms with E-state index in [9.17, 15) is 39.8 Å². The van der Waals surface area contributed by atoms with Crippen LogP contribution in [0.15, 0.2) is 72.9 Å². The van der Waals surface area contributed by atoms with E-state index in [1.807, 2.05) is 0 Å². The number of unbranched alkanes of at least 4 members (excludes halogenated alkanes) is 17. The van der Waals surface area contributed by atoms with Crippen LogP contribution in [0, 0.1) is 0 Å². The third-order valence-corrected chi connectivity index (χ3v) is 12.1. The molecule has 0 aromatic carbocycles. The van der Waals surface area contributed by atoms with Gasteiger partial charge in [0, 0.05) is 13.0 Å². The lowest BCUT2D eigenvalue weighted by Gasteiger charge is -2.41. The number of hydrogen-bond donors (Lipinski definition) is 6. The van der Waals surface area contributed by atoms with Gasteiger partial charge in [-0.3, -0.25) is 13.8 Å². The standard InChI is InChI=1S/C51H89O12P/c1-3-5-7-9-11-13-15-17-19-20-21-22-23-24-25-26-27-28-30-32-34-36-38-40-45(52)62-44(42-60-41-39-37-35-33-31-29-18-16-14-12-10-8-6-4-2)43-61-64(58,59)63-51-49(56)47(54)46(53)48(55)50(51)57/h5,7,11,13,17,19,21-22,24-25,27-28,44,46-51,53-57H,3-4,6,8-10,12,14-16,18,20,23,26,29-43H2,1-2H3,(H,58,59)/b7-5-,13-11-,19-17-,22-21-,25-24-,28-27-. The second kappa shape index (κ2) is 41.0. The van der Waals surface area contributed by atoms with Gasteiger partial charge in [-0.25, -0.2) is 4.57 Å². The van der Waals surface area contributed by atoms with Gasteiger partial charge < -0.3 is 39.9 Å². The van der Waals surface area contributed by atoms with E-state index in [4.69, 9.17) is 18.5 Å². The summed E-state index contributed by atoms with van der Waals surface area (Å²) in [5.41, 5.74) is 0. The van der Waals surface area contributed by atoms with Crippen molar-refractivity contribution in [3.05, 3.63) is 72.9 Å². The Bertz CT molecular complexity index is 1330. The molecule has 0 bridgehead atoms. The van der Waals surface area contributed by atoms with E-state index >= 15 is 0 Å². The fraction of sp³-hybridized carbons (Fsp3) is 0.745. The molecule has 1 aliphatic rings. The molecule has 1 fully saturated rings. The predicted molar refractivity (Wildman–Crippen MR) is 258 cm³/mol. The molecule has 13 heteroatoms. The molecule has 6 unspecified atom stereocenters. The van der Waals surface area contributed by atoms with Gasteiger partial charge >= 0.3 is 13.8 Å². The summed E-state index contributed by atoms with van der Waals surface area (Å²) in [6.07, 6.45) is 41.1. The van der Waals surface area contributed by atoms with Crippen LogP contribution in [0.25, 0.3) is 0 Å². The van der Waals surface area contributed by atoms with Gasteiger partial charge in [0.05, 0.1) is 13.2 Å². The van der Waals surface area contributed by atoms with E-state index in [0.29, 0.717) is 13.0 Å². The largest absolute Gasteiger partial charge is 0.472 e. The van der Waals surface area contributed by atoms with Crippen molar-refractivity contribution in [1.82, 2.24) is 0 Å². The highest BCUT2D eigenvalue weighted by Crippen LogP contribution is 2.47. The van der Waals surface area contributed by atoms with Crippen molar-refractivity contribution in [2.45, 2.75) is 224 Å². The summed E-state index contributed by atoms with van der Waals surface area (Å²) in [7, 11) is -5.03. The second-order valence-electron chi connectivity index (χ2n) is 16.9. The van der Waals surface area contributed by atoms with E-state index in [1.54, 1.807) is 0 Å². The Balaban J connectivity index is 2.38. The fourth-order valence-electron chi connectivity index (χ4n) is 7.18. The Hall–Kier alpha value is -2.22. The minimum absolute atomic E-state index is 0.0888. The number of aliphatic hydroxyl groups excluding tert-OH is 5. The first-order valence-electron chi connectivity index (χ1n) is 24.8. The minimum atomic E-state index is -5.03. The lowest BCUT2D eigenvalue weighted by atomic mass is 9.85. The molecule has 0 aromatic rings. The highest BCUT2D eigenvalue weighted by molar-refractivity contribution is 7.47. The number of aliphatic hydroxyl groups is 5. The van der Waals surface area contributed by atoms with Crippen molar-refractivity contribution in [2.75, 3.05) is 19.8 Å². The van der Waals surface area contributed by atoms with Crippen LogP contribution in [0.3, 0.4) is 0 Å². The third kappa shape index (κ3) is 32.5. The predicted octanol–water partition coefficient (Wildman–Crippen LogP) is 10.8. The van der Waals surface area contributed by atoms with E-state index < -0.39 is 63.1 Å². The Labute approximate surface area is 387 Å². The van der Waals surface area contributed by atoms with Crippen molar-refractivity contribution in [3.8, 4) is 0 Å². The number of carbonyl (C=O) groups is 1. The van der Waals surface area contributed by atoms with Gasteiger partial charge in [0.1, 0.15) is 42.7 Å². The first-order valence-corrected chi connectivity index (χ1v) is 26.3. The number of phosphoric acid groups is 1. The van der Waals surface area contributed by atoms with Crippen LogP contribution in [-0.2, 0) is 27.9 Å². The zero-order chi connectivity index (χ0) is 46.9. The summed E-state index contributed by atoms with van der Waals surface area (Å²) in [4.78, 5) is 23.2. The number of hydrogen-bond acceptors (Lipinski definition) is 11. The van der Waals surface area contributed by atoms with Crippen molar-refractivity contribution in [1.29, 1.82) is 0 Å². The molecule has 12 nitrogen and oxygen atoms in total. The van der Waals surface area contributed by atoms with Gasteiger partial charge in [0.2, 0.25) is 0 Å². The first kappa shape index (κ1) is 59.8. The lowest BCUT2D eigenvalue weighted by molar-refractivity contribution is -0.220. The molecule has 6 N–H and O–H groups in total. The Morgan fingerprint density at radius 2 is 0.922 bits per heavy atom. The molecule has 0 heterocycles. The molecule has 64 heavy (non-hydrogen) atoms. The highest BCUT2D eigenvalue weighted by Gasteiger charge is 2.51. The lowest BCUT2D eigenvalue weighted by Crippen LogP contribution is -2.64. The third-order valence-electron chi connectivity index (χ3n) is 11.1. The maximum Gasteiger partial charge on any atom is 0.472 e. The summed E-state index contributed by atoms with van der Waals surface area (Å²) in [6.45, 7) is 4.12. The molecule has 0 saturated heterocycles. The normalized spacial score (nSPS) is 22.3. The Kier molecular flexibility index (Phi) is 38.3. The van der Waals surface area contributed by atoms with Crippen LogP contribution in [0.5, 0.6) is 0 Å². The summed E-state index contributed by atoms with van der Waals surface area (Å²) >= 11 is 0. The smallest absolute Gasteiger partial charge is 0.457 e. The molecular weight excluding hydrogens is 836 g/mol. The zero-order valence-electron chi connectivity index (χ0n) is 39.6. The number of ether oxygens (including phenoxy) is 2. The molecule has 0 aromatic heterocycles. The number of phosphoric ester groups is 1. The minimum Gasteiger partial charge on any atom is -0.457 e. The van der Waals surface area contributed by atoms with Gasteiger partial charge in [0.25, 0.3) is 0 Å². The molecule has 0 aliphatic heterocycles. The SMILES string of the molecule is CC/C=C\C/C=C\C/C=C\C/C=C\C/C=C\C/C=C\CCCCCCC(=O)OC(COCCCCCCCCCCCCCCCC)COP(=O)(O)OC1C(O)C(O)C(O)C(O)C1O. The van der Waals surface area contributed by atoms with Crippen LogP contribution < -0.4 is 0 Å². The number of esters is 1. The maximum absolute atomic E-state index is 12.8. The summed E-state index contributed by atoms with van der Waals surface area (Å²) < 4.78 is 34.2. The van der Waals surface area contributed by atoms with E-state index in [1.165, 1.54) is 70.6 Å². The second-order valence-corrected chi connectivity index (χ2v) is 18.3. The summed E-state index contributed by atoms with van der Waals surface area (Å²) in [5.74, 6) is -0.502. The van der Waals surface area contributed by atoms with Crippen molar-refractivity contribution < 1.29 is 58.3 Å². The van der Waals surface area contributed by atoms with Gasteiger partial charge in [-0.2, -0.15) is 0 Å². The topological polar surface area (TPSA) is 192 Å². The number of allylic oxidation sites excluding steroid dienone is 12. The molecule has 0 amide bonds. The summed E-state index contributed by atoms with van der Waals surface area (Å²) in [6, 6.07) is 0. The molecule has 0 spiro atoms. The average molecular weight is 925 g/mol. The van der Waals surface area contributed by atoms with Crippen LogP contribution >= 0.6 is 7.82 Å². The van der Waals surface area contributed by atoms with Gasteiger partial charge in [-0.1, -0.05) is 183 Å². The highest BCUT2D eigenvalue weighted by atomic mass is 31.2.